The largest absolute Gasteiger partial charge is 0.383 e. The highest BCUT2D eigenvalue weighted by Crippen LogP contribution is 2.40. The van der Waals surface area contributed by atoms with Gasteiger partial charge in [0.2, 0.25) is 0 Å². The van der Waals surface area contributed by atoms with Crippen LogP contribution in [0.3, 0.4) is 0 Å². The van der Waals surface area contributed by atoms with Crippen LogP contribution in [0.2, 0.25) is 0 Å². The number of rotatable bonds is 3. The molecule has 2 aliphatic rings. The predicted octanol–water partition coefficient (Wildman–Crippen LogP) is 2.99. The van der Waals surface area contributed by atoms with Crippen LogP contribution in [0.25, 0.3) is 22.3 Å². The molecule has 0 bridgehead atoms. The Kier molecular flexibility index (Phi) is 4.62. The zero-order valence-electron chi connectivity index (χ0n) is 15.8. The van der Waals surface area contributed by atoms with Crippen molar-refractivity contribution in [1.29, 1.82) is 0 Å². The molecule has 2 fully saturated rings. The predicted molar refractivity (Wildman–Crippen MR) is 108 cm³/mol. The maximum atomic E-state index is 6.23. The van der Waals surface area contributed by atoms with E-state index in [0.717, 1.165) is 35.4 Å². The van der Waals surface area contributed by atoms with E-state index in [9.17, 15) is 0 Å². The van der Waals surface area contributed by atoms with E-state index in [1.807, 2.05) is 12.3 Å². The molecule has 0 amide bonds. The topological polar surface area (TPSA) is 98.8 Å². The Morgan fingerprint density at radius 2 is 2.04 bits per heavy atom. The molecule has 144 valence electrons. The second kappa shape index (κ2) is 7.41. The summed E-state index contributed by atoms with van der Waals surface area (Å²) in [5.74, 6) is 0.988. The second-order valence-corrected chi connectivity index (χ2v) is 7.54. The summed E-state index contributed by atoms with van der Waals surface area (Å²) in [7, 11) is 0. The van der Waals surface area contributed by atoms with Gasteiger partial charge >= 0.3 is 0 Å². The third-order valence-corrected chi connectivity index (χ3v) is 5.81. The third kappa shape index (κ3) is 3.10. The Morgan fingerprint density at radius 3 is 2.86 bits per heavy atom. The van der Waals surface area contributed by atoms with Gasteiger partial charge in [0.15, 0.2) is 5.65 Å². The van der Waals surface area contributed by atoms with Gasteiger partial charge in [0.1, 0.15) is 18.2 Å². The molecule has 0 radical (unpaired) electrons. The number of nitrogens with two attached hydrogens (primary N) is 1. The molecule has 4 heterocycles. The lowest BCUT2D eigenvalue weighted by atomic mass is 9.93. The van der Waals surface area contributed by atoms with Gasteiger partial charge in [0.05, 0.1) is 23.4 Å². The number of nitrogens with one attached hydrogen (secondary N) is 1. The van der Waals surface area contributed by atoms with Crippen LogP contribution in [-0.2, 0) is 4.74 Å². The number of nitrogen functional groups attached to an aromatic ring is 1. The first-order chi connectivity index (χ1) is 13.8. The number of anilines is 1. The maximum absolute atomic E-state index is 6.23. The molecule has 1 atom stereocenters. The summed E-state index contributed by atoms with van der Waals surface area (Å²) in [5.41, 5.74) is 10.9. The van der Waals surface area contributed by atoms with E-state index >= 15 is 0 Å². The Balaban J connectivity index is 1.68. The Labute approximate surface area is 163 Å². The summed E-state index contributed by atoms with van der Waals surface area (Å²) in [6.45, 7) is 2.31. The van der Waals surface area contributed by atoms with E-state index < -0.39 is 0 Å². The van der Waals surface area contributed by atoms with E-state index in [4.69, 9.17) is 15.5 Å². The fourth-order valence-electron chi connectivity index (χ4n) is 4.45. The molecule has 7 nitrogen and oxygen atoms in total. The molecule has 1 unspecified atom stereocenters. The maximum Gasteiger partial charge on any atom is 0.165 e. The van der Waals surface area contributed by atoms with Crippen LogP contribution >= 0.6 is 0 Å². The summed E-state index contributed by atoms with van der Waals surface area (Å²) in [5, 5.41) is 4.28. The highest BCUT2D eigenvalue weighted by Gasteiger charge is 2.25. The fourth-order valence-corrected chi connectivity index (χ4v) is 4.45. The molecule has 1 saturated carbocycles. The summed E-state index contributed by atoms with van der Waals surface area (Å²) in [4.78, 5) is 18.1. The molecule has 1 aliphatic carbocycles. The molecule has 3 N–H and O–H groups in total. The van der Waals surface area contributed by atoms with Crippen molar-refractivity contribution < 1.29 is 4.74 Å². The molecule has 3 aromatic heterocycles. The van der Waals surface area contributed by atoms with Crippen molar-refractivity contribution in [2.45, 2.75) is 37.7 Å². The summed E-state index contributed by atoms with van der Waals surface area (Å²) < 4.78 is 5.96. The second-order valence-electron chi connectivity index (χ2n) is 7.54. The molecule has 28 heavy (non-hydrogen) atoms. The van der Waals surface area contributed by atoms with Crippen molar-refractivity contribution in [3.05, 3.63) is 42.0 Å². The van der Waals surface area contributed by atoms with Gasteiger partial charge in [-0.2, -0.15) is 0 Å². The van der Waals surface area contributed by atoms with Gasteiger partial charge in [-0.05, 0) is 42.5 Å². The zero-order valence-corrected chi connectivity index (χ0v) is 15.8. The summed E-state index contributed by atoms with van der Waals surface area (Å²) in [6.07, 6.45) is 8.06. The van der Waals surface area contributed by atoms with E-state index in [1.54, 1.807) is 0 Å². The van der Waals surface area contributed by atoms with Crippen LogP contribution in [0.4, 0.5) is 5.82 Å². The van der Waals surface area contributed by atoms with Crippen molar-refractivity contribution in [2.75, 3.05) is 25.4 Å². The number of hydrogen-bond donors (Lipinski definition) is 2. The van der Waals surface area contributed by atoms with Crippen LogP contribution in [0.1, 0.15) is 49.0 Å². The van der Waals surface area contributed by atoms with E-state index in [2.05, 4.69) is 32.4 Å². The quantitative estimate of drug-likeness (QED) is 0.725. The lowest BCUT2D eigenvalue weighted by Gasteiger charge is -2.25. The molecular formula is C21H24N6O. The molecule has 0 spiro atoms. The van der Waals surface area contributed by atoms with Gasteiger partial charge in [0, 0.05) is 24.8 Å². The van der Waals surface area contributed by atoms with E-state index in [0.29, 0.717) is 24.0 Å². The number of hydrogen-bond acceptors (Lipinski definition) is 7. The third-order valence-electron chi connectivity index (χ3n) is 5.81. The van der Waals surface area contributed by atoms with Gasteiger partial charge in [-0.3, -0.25) is 4.98 Å². The minimum Gasteiger partial charge on any atom is -0.383 e. The molecule has 1 aliphatic heterocycles. The number of ether oxygens (including phenoxy) is 1. The van der Waals surface area contributed by atoms with Gasteiger partial charge < -0.3 is 15.8 Å². The molecule has 1 saturated heterocycles. The van der Waals surface area contributed by atoms with Crippen molar-refractivity contribution in [3.8, 4) is 11.3 Å². The van der Waals surface area contributed by atoms with E-state index in [1.165, 1.54) is 37.6 Å². The lowest BCUT2D eigenvalue weighted by Crippen LogP contribution is -2.34. The van der Waals surface area contributed by atoms with Crippen LogP contribution in [0, 0.1) is 0 Å². The zero-order chi connectivity index (χ0) is 18.9. The standard InChI is InChI=1S/C21H24N6O/c22-20-18-15(13-4-1-2-5-13)10-16(27-21(18)26-12-25-20)14-6-3-7-24-19(14)17-11-23-8-9-28-17/h3,6-7,10,12-13,17,23H,1-2,4-5,8-9,11H2,(H2,22,25,26,27). The van der Waals surface area contributed by atoms with Gasteiger partial charge in [-0.25, -0.2) is 15.0 Å². The number of aromatic nitrogens is 4. The van der Waals surface area contributed by atoms with Crippen LogP contribution in [0.5, 0.6) is 0 Å². The molecule has 7 heteroatoms. The van der Waals surface area contributed by atoms with Crippen molar-refractivity contribution >= 4 is 16.9 Å². The lowest BCUT2D eigenvalue weighted by molar-refractivity contribution is 0.0254. The minimum absolute atomic E-state index is 0.0761. The molecular weight excluding hydrogens is 352 g/mol. The number of fused-ring (bicyclic) bond motifs is 1. The first kappa shape index (κ1) is 17.5. The molecule has 5 rings (SSSR count). The smallest absolute Gasteiger partial charge is 0.165 e. The minimum atomic E-state index is -0.0761. The van der Waals surface area contributed by atoms with Gasteiger partial charge in [-0.1, -0.05) is 12.8 Å². The van der Waals surface area contributed by atoms with Crippen molar-refractivity contribution in [2.24, 2.45) is 0 Å². The fraction of sp³-hybridized carbons (Fsp3) is 0.429. The Bertz CT molecular complexity index is 995. The summed E-state index contributed by atoms with van der Waals surface area (Å²) >= 11 is 0. The average molecular weight is 376 g/mol. The van der Waals surface area contributed by atoms with Crippen molar-refractivity contribution in [1.82, 2.24) is 25.3 Å². The van der Waals surface area contributed by atoms with Crippen LogP contribution in [0.15, 0.2) is 30.7 Å². The van der Waals surface area contributed by atoms with E-state index in [-0.39, 0.29) is 6.10 Å². The Hall–Kier alpha value is -2.64. The molecule has 0 aromatic carbocycles. The Morgan fingerprint density at radius 1 is 1.14 bits per heavy atom. The average Bonchev–Trinajstić information content (AvgIpc) is 3.29. The molecule has 3 aromatic rings. The first-order valence-electron chi connectivity index (χ1n) is 10.00. The number of pyridine rings is 2. The normalized spacial score (nSPS) is 20.6. The summed E-state index contributed by atoms with van der Waals surface area (Å²) in [6, 6.07) is 6.19. The highest BCUT2D eigenvalue weighted by atomic mass is 16.5. The number of morpholine rings is 1. The van der Waals surface area contributed by atoms with Crippen molar-refractivity contribution in [3.63, 3.8) is 0 Å². The van der Waals surface area contributed by atoms with Gasteiger partial charge in [-0.15, -0.1) is 0 Å². The SMILES string of the molecule is Nc1ncnc2nc(-c3cccnc3C3CNCCO3)cc(C3CCCC3)c12. The monoisotopic (exact) mass is 376 g/mol. The first-order valence-corrected chi connectivity index (χ1v) is 10.00. The van der Waals surface area contributed by atoms with Crippen LogP contribution in [-0.4, -0.2) is 39.6 Å². The number of nitrogens with zero attached hydrogens (tertiary/aromatic N) is 4. The highest BCUT2D eigenvalue weighted by molar-refractivity contribution is 5.91. The van der Waals surface area contributed by atoms with Gasteiger partial charge in [0.25, 0.3) is 0 Å². The van der Waals surface area contributed by atoms with Crippen LogP contribution < -0.4 is 11.1 Å².